The predicted molar refractivity (Wildman–Crippen MR) is 88.8 cm³/mol. The summed E-state index contributed by atoms with van der Waals surface area (Å²) in [6.07, 6.45) is -3.68. The molecule has 3 nitrogen and oxygen atoms in total. The lowest BCUT2D eigenvalue weighted by Gasteiger charge is -2.32. The molecular formula is C19H19F3N2O. The summed E-state index contributed by atoms with van der Waals surface area (Å²) >= 11 is 0. The standard InChI is InChI=1S/C19H19F3N2O/c20-19(21,22)13-24(12-14-6-2-1-3-7-14)18(25)17-16-9-5-4-8-15(16)10-11-23-17/h1-9,17,23H,10-13H2. The van der Waals surface area contributed by atoms with Gasteiger partial charge in [-0.2, -0.15) is 13.2 Å². The first kappa shape index (κ1) is 17.5. The van der Waals surface area contributed by atoms with E-state index in [1.807, 2.05) is 12.1 Å². The Morgan fingerprint density at radius 3 is 2.48 bits per heavy atom. The van der Waals surface area contributed by atoms with Crippen molar-refractivity contribution in [3.63, 3.8) is 0 Å². The molecule has 0 aromatic heterocycles. The summed E-state index contributed by atoms with van der Waals surface area (Å²) < 4.78 is 39.1. The fraction of sp³-hybridized carbons (Fsp3) is 0.316. The van der Waals surface area contributed by atoms with Gasteiger partial charge in [-0.3, -0.25) is 4.79 Å². The van der Waals surface area contributed by atoms with E-state index in [1.54, 1.807) is 42.5 Å². The molecule has 0 saturated carbocycles. The maximum atomic E-state index is 13.0. The van der Waals surface area contributed by atoms with E-state index in [0.29, 0.717) is 12.1 Å². The Kier molecular flexibility index (Phi) is 5.08. The van der Waals surface area contributed by atoms with E-state index in [-0.39, 0.29) is 6.54 Å². The summed E-state index contributed by atoms with van der Waals surface area (Å²) in [5, 5.41) is 3.07. The summed E-state index contributed by atoms with van der Waals surface area (Å²) in [6.45, 7) is -0.765. The highest BCUT2D eigenvalue weighted by atomic mass is 19.4. The fourth-order valence-electron chi connectivity index (χ4n) is 3.14. The Balaban J connectivity index is 1.86. The van der Waals surface area contributed by atoms with E-state index in [2.05, 4.69) is 5.32 Å². The maximum Gasteiger partial charge on any atom is 0.406 e. The summed E-state index contributed by atoms with van der Waals surface area (Å²) in [7, 11) is 0. The van der Waals surface area contributed by atoms with E-state index < -0.39 is 24.7 Å². The Bertz CT molecular complexity index is 731. The van der Waals surface area contributed by atoms with Crippen LogP contribution >= 0.6 is 0 Å². The molecule has 132 valence electrons. The number of rotatable bonds is 4. The third-order valence-electron chi connectivity index (χ3n) is 4.25. The number of halogens is 3. The largest absolute Gasteiger partial charge is 0.406 e. The number of benzene rings is 2. The molecule has 1 aliphatic rings. The van der Waals surface area contributed by atoms with Crippen LogP contribution in [0.4, 0.5) is 13.2 Å². The normalized spacial score (nSPS) is 17.0. The highest BCUT2D eigenvalue weighted by Gasteiger charge is 2.37. The van der Waals surface area contributed by atoms with Crippen molar-refractivity contribution >= 4 is 5.91 Å². The average Bonchev–Trinajstić information content (AvgIpc) is 2.60. The van der Waals surface area contributed by atoms with Crippen molar-refractivity contribution in [2.45, 2.75) is 25.2 Å². The molecule has 25 heavy (non-hydrogen) atoms. The molecule has 0 radical (unpaired) electrons. The minimum atomic E-state index is -4.45. The third-order valence-corrected chi connectivity index (χ3v) is 4.25. The number of fused-ring (bicyclic) bond motifs is 1. The van der Waals surface area contributed by atoms with Crippen LogP contribution in [0, 0.1) is 0 Å². The molecule has 0 spiro atoms. The van der Waals surface area contributed by atoms with Gasteiger partial charge in [0.25, 0.3) is 0 Å². The van der Waals surface area contributed by atoms with Gasteiger partial charge in [0.2, 0.25) is 5.91 Å². The molecule has 0 fully saturated rings. The van der Waals surface area contributed by atoms with E-state index >= 15 is 0 Å². The quantitative estimate of drug-likeness (QED) is 0.918. The molecule has 1 N–H and O–H groups in total. The van der Waals surface area contributed by atoms with Crippen LogP contribution in [0.25, 0.3) is 0 Å². The molecule has 3 rings (SSSR count). The zero-order valence-corrected chi connectivity index (χ0v) is 13.6. The molecule has 0 bridgehead atoms. The molecule has 2 aromatic rings. The van der Waals surface area contributed by atoms with Gasteiger partial charge in [0.05, 0.1) is 0 Å². The first-order chi connectivity index (χ1) is 11.9. The van der Waals surface area contributed by atoms with Crippen LogP contribution in [0.1, 0.15) is 22.7 Å². The minimum Gasteiger partial charge on any atom is -0.328 e. The van der Waals surface area contributed by atoms with Crippen molar-refractivity contribution in [3.8, 4) is 0 Å². The lowest BCUT2D eigenvalue weighted by atomic mass is 9.93. The number of hydrogen-bond acceptors (Lipinski definition) is 2. The number of amides is 1. The lowest BCUT2D eigenvalue weighted by molar-refractivity contribution is -0.164. The molecule has 6 heteroatoms. The van der Waals surface area contributed by atoms with Crippen molar-refractivity contribution < 1.29 is 18.0 Å². The second-order valence-electron chi connectivity index (χ2n) is 6.13. The van der Waals surface area contributed by atoms with E-state index in [4.69, 9.17) is 0 Å². The SMILES string of the molecule is O=C(C1NCCc2ccccc21)N(Cc1ccccc1)CC(F)(F)F. The molecule has 1 heterocycles. The molecule has 1 unspecified atom stereocenters. The van der Waals surface area contributed by atoms with Gasteiger partial charge in [0.1, 0.15) is 12.6 Å². The summed E-state index contributed by atoms with van der Waals surface area (Å²) in [5.74, 6) is -0.548. The second kappa shape index (κ2) is 7.27. The van der Waals surface area contributed by atoms with Crippen LogP contribution < -0.4 is 5.32 Å². The third kappa shape index (κ3) is 4.39. The lowest BCUT2D eigenvalue weighted by Crippen LogP contribution is -2.46. The number of nitrogens with zero attached hydrogens (tertiary/aromatic N) is 1. The van der Waals surface area contributed by atoms with E-state index in [9.17, 15) is 18.0 Å². The van der Waals surface area contributed by atoms with Gasteiger partial charge in [0.15, 0.2) is 0 Å². The van der Waals surface area contributed by atoms with Crippen molar-refractivity contribution in [2.75, 3.05) is 13.1 Å². The fourth-order valence-corrected chi connectivity index (χ4v) is 3.14. The number of nitrogens with one attached hydrogen (secondary N) is 1. The number of hydrogen-bond donors (Lipinski definition) is 1. The minimum absolute atomic E-state index is 0.0699. The van der Waals surface area contributed by atoms with Gasteiger partial charge in [-0.15, -0.1) is 0 Å². The zero-order valence-electron chi connectivity index (χ0n) is 13.6. The molecule has 0 saturated heterocycles. The molecule has 1 aliphatic heterocycles. The maximum absolute atomic E-state index is 13.0. The van der Waals surface area contributed by atoms with Crippen molar-refractivity contribution in [3.05, 3.63) is 71.3 Å². The van der Waals surface area contributed by atoms with Crippen LogP contribution in [0.5, 0.6) is 0 Å². The molecular weight excluding hydrogens is 329 g/mol. The van der Waals surface area contributed by atoms with Crippen LogP contribution in [-0.2, 0) is 17.8 Å². The predicted octanol–water partition coefficient (Wildman–Crippen LogP) is 3.46. The topological polar surface area (TPSA) is 32.3 Å². The number of carbonyl (C=O) groups is 1. The Hall–Kier alpha value is -2.34. The van der Waals surface area contributed by atoms with Gasteiger partial charge in [-0.1, -0.05) is 54.6 Å². The van der Waals surface area contributed by atoms with Crippen molar-refractivity contribution in [2.24, 2.45) is 0 Å². The highest BCUT2D eigenvalue weighted by Crippen LogP contribution is 2.27. The zero-order chi connectivity index (χ0) is 17.9. The highest BCUT2D eigenvalue weighted by molar-refractivity contribution is 5.84. The van der Waals surface area contributed by atoms with Crippen LogP contribution in [0.15, 0.2) is 54.6 Å². The van der Waals surface area contributed by atoms with Crippen LogP contribution in [0.3, 0.4) is 0 Å². The number of carbonyl (C=O) groups excluding carboxylic acids is 1. The average molecular weight is 348 g/mol. The van der Waals surface area contributed by atoms with E-state index in [0.717, 1.165) is 22.4 Å². The molecule has 2 aromatic carbocycles. The van der Waals surface area contributed by atoms with Crippen LogP contribution in [-0.4, -0.2) is 30.1 Å². The van der Waals surface area contributed by atoms with Crippen molar-refractivity contribution in [1.82, 2.24) is 10.2 Å². The Morgan fingerprint density at radius 1 is 1.08 bits per heavy atom. The second-order valence-corrected chi connectivity index (χ2v) is 6.13. The van der Waals surface area contributed by atoms with Gasteiger partial charge in [0, 0.05) is 13.1 Å². The van der Waals surface area contributed by atoms with Gasteiger partial charge in [-0.25, -0.2) is 0 Å². The Labute approximate surface area is 144 Å². The first-order valence-electron chi connectivity index (χ1n) is 8.15. The van der Waals surface area contributed by atoms with E-state index in [1.165, 1.54) is 0 Å². The smallest absolute Gasteiger partial charge is 0.328 e. The molecule has 1 atom stereocenters. The van der Waals surface area contributed by atoms with Crippen molar-refractivity contribution in [1.29, 1.82) is 0 Å². The summed E-state index contributed by atoms with van der Waals surface area (Å²) in [6, 6.07) is 15.4. The summed E-state index contributed by atoms with van der Waals surface area (Å²) in [4.78, 5) is 13.8. The van der Waals surface area contributed by atoms with Gasteiger partial charge < -0.3 is 10.2 Å². The Morgan fingerprint density at radius 2 is 1.76 bits per heavy atom. The molecule has 1 amide bonds. The number of alkyl halides is 3. The summed E-state index contributed by atoms with van der Waals surface area (Å²) in [5.41, 5.74) is 2.44. The monoisotopic (exact) mass is 348 g/mol. The van der Waals surface area contributed by atoms with Gasteiger partial charge >= 0.3 is 6.18 Å². The molecule has 0 aliphatic carbocycles. The first-order valence-corrected chi connectivity index (χ1v) is 8.15. The van der Waals surface area contributed by atoms with Gasteiger partial charge in [-0.05, 0) is 23.1 Å². The van der Waals surface area contributed by atoms with Crippen LogP contribution in [0.2, 0.25) is 0 Å².